The minimum absolute atomic E-state index is 0.161. The summed E-state index contributed by atoms with van der Waals surface area (Å²) in [4.78, 5) is 24.2. The number of likely N-dealkylation sites (N-methyl/N-ethyl adjacent to an activating group) is 1. The molecule has 0 aromatic heterocycles. The number of phenols is 1. The molecular weight excluding hydrogens is 280 g/mol. The van der Waals surface area contributed by atoms with E-state index in [1.54, 1.807) is 48.5 Å². The van der Waals surface area contributed by atoms with Crippen LogP contribution in [-0.4, -0.2) is 30.0 Å². The maximum absolute atomic E-state index is 12.2. The van der Waals surface area contributed by atoms with Crippen molar-refractivity contribution >= 4 is 11.8 Å². The molecule has 2 aromatic carbocycles. The Balaban J connectivity index is 2.11. The fourth-order valence-corrected chi connectivity index (χ4v) is 2.08. The predicted octanol–water partition coefficient (Wildman–Crippen LogP) is 1.48. The van der Waals surface area contributed by atoms with Crippen LogP contribution in [0.15, 0.2) is 54.6 Å². The van der Waals surface area contributed by atoms with E-state index in [1.807, 2.05) is 6.07 Å². The first-order chi connectivity index (χ1) is 10.6. The van der Waals surface area contributed by atoms with E-state index in [1.165, 1.54) is 7.05 Å². The first-order valence-corrected chi connectivity index (χ1v) is 6.95. The Kier molecular flexibility index (Phi) is 5.14. The van der Waals surface area contributed by atoms with Crippen molar-refractivity contribution in [3.63, 3.8) is 0 Å². The van der Waals surface area contributed by atoms with Crippen LogP contribution < -0.4 is 10.6 Å². The van der Waals surface area contributed by atoms with Crippen LogP contribution in [0.2, 0.25) is 0 Å². The first kappa shape index (κ1) is 15.6. The zero-order valence-corrected chi connectivity index (χ0v) is 12.2. The summed E-state index contributed by atoms with van der Waals surface area (Å²) < 4.78 is 0. The van der Waals surface area contributed by atoms with Crippen LogP contribution in [0.1, 0.15) is 15.9 Å². The number of rotatable bonds is 5. The molecule has 2 aromatic rings. The molecule has 3 N–H and O–H groups in total. The van der Waals surface area contributed by atoms with Gasteiger partial charge in [0.05, 0.1) is 0 Å². The fraction of sp³-hybridized carbons (Fsp3) is 0.176. The van der Waals surface area contributed by atoms with Gasteiger partial charge in [0.25, 0.3) is 5.91 Å². The molecule has 5 heteroatoms. The number of benzene rings is 2. The maximum Gasteiger partial charge on any atom is 0.251 e. The minimum atomic E-state index is -0.678. The number of carbonyl (C=O) groups is 2. The Hall–Kier alpha value is -2.82. The number of hydrogen-bond donors (Lipinski definition) is 3. The highest BCUT2D eigenvalue weighted by atomic mass is 16.3. The number of phenolic OH excluding ortho intramolecular Hbond substituents is 1. The van der Waals surface area contributed by atoms with Crippen molar-refractivity contribution in [3.05, 3.63) is 65.7 Å². The molecule has 0 heterocycles. The lowest BCUT2D eigenvalue weighted by atomic mass is 10.0. The van der Waals surface area contributed by atoms with Crippen LogP contribution in [0.3, 0.4) is 0 Å². The summed E-state index contributed by atoms with van der Waals surface area (Å²) in [6, 6.07) is 14.6. The monoisotopic (exact) mass is 298 g/mol. The van der Waals surface area contributed by atoms with Crippen LogP contribution in [-0.2, 0) is 11.2 Å². The second kappa shape index (κ2) is 7.26. The SMILES string of the molecule is CNC(=O)[C@H](Cc1ccc(O)cc1)NC(=O)c1ccccc1. The van der Waals surface area contributed by atoms with E-state index in [9.17, 15) is 14.7 Å². The molecule has 0 saturated carbocycles. The Morgan fingerprint density at radius 3 is 2.27 bits per heavy atom. The van der Waals surface area contributed by atoms with Crippen LogP contribution in [0, 0.1) is 0 Å². The number of aromatic hydroxyl groups is 1. The summed E-state index contributed by atoms with van der Waals surface area (Å²) >= 11 is 0. The van der Waals surface area contributed by atoms with Gasteiger partial charge >= 0.3 is 0 Å². The van der Waals surface area contributed by atoms with E-state index in [2.05, 4.69) is 10.6 Å². The van der Waals surface area contributed by atoms with E-state index in [4.69, 9.17) is 0 Å². The highest BCUT2D eigenvalue weighted by Gasteiger charge is 2.20. The van der Waals surface area contributed by atoms with Gasteiger partial charge in [0.2, 0.25) is 5.91 Å². The Morgan fingerprint density at radius 1 is 1.05 bits per heavy atom. The van der Waals surface area contributed by atoms with Gasteiger partial charge in [-0.25, -0.2) is 0 Å². The van der Waals surface area contributed by atoms with Crippen molar-refractivity contribution in [1.82, 2.24) is 10.6 Å². The van der Waals surface area contributed by atoms with Gasteiger partial charge in [0.1, 0.15) is 11.8 Å². The summed E-state index contributed by atoms with van der Waals surface area (Å²) in [5.74, 6) is -0.404. The van der Waals surface area contributed by atoms with Crippen molar-refractivity contribution in [1.29, 1.82) is 0 Å². The van der Waals surface area contributed by atoms with Crippen molar-refractivity contribution in [3.8, 4) is 5.75 Å². The molecule has 22 heavy (non-hydrogen) atoms. The van der Waals surface area contributed by atoms with E-state index in [0.717, 1.165) is 5.56 Å². The third kappa shape index (κ3) is 4.09. The van der Waals surface area contributed by atoms with E-state index < -0.39 is 6.04 Å². The normalized spacial score (nSPS) is 11.5. The zero-order chi connectivity index (χ0) is 15.9. The highest BCUT2D eigenvalue weighted by Crippen LogP contribution is 2.12. The summed E-state index contributed by atoms with van der Waals surface area (Å²) in [6.07, 6.45) is 0.346. The van der Waals surface area contributed by atoms with Crippen molar-refractivity contribution < 1.29 is 14.7 Å². The second-order valence-corrected chi connectivity index (χ2v) is 4.88. The Morgan fingerprint density at radius 2 is 1.68 bits per heavy atom. The van der Waals surface area contributed by atoms with Crippen molar-refractivity contribution in [2.45, 2.75) is 12.5 Å². The number of hydrogen-bond acceptors (Lipinski definition) is 3. The van der Waals surface area contributed by atoms with Crippen LogP contribution in [0.25, 0.3) is 0 Å². The molecule has 0 aliphatic heterocycles. The van der Waals surface area contributed by atoms with Crippen molar-refractivity contribution in [2.24, 2.45) is 0 Å². The largest absolute Gasteiger partial charge is 0.508 e. The lowest BCUT2D eigenvalue weighted by Crippen LogP contribution is -2.47. The molecule has 2 amide bonds. The van der Waals surface area contributed by atoms with E-state index in [-0.39, 0.29) is 17.6 Å². The van der Waals surface area contributed by atoms with Gasteiger partial charge in [0.15, 0.2) is 0 Å². The molecule has 0 aliphatic carbocycles. The molecule has 114 valence electrons. The van der Waals surface area contributed by atoms with Crippen molar-refractivity contribution in [2.75, 3.05) is 7.05 Å². The summed E-state index contributed by atoms with van der Waals surface area (Å²) in [7, 11) is 1.53. The van der Waals surface area contributed by atoms with Gasteiger partial charge in [-0.3, -0.25) is 9.59 Å². The summed E-state index contributed by atoms with van der Waals surface area (Å²) in [6.45, 7) is 0. The van der Waals surface area contributed by atoms with Gasteiger partial charge in [-0.1, -0.05) is 30.3 Å². The van der Waals surface area contributed by atoms with Crippen LogP contribution in [0.5, 0.6) is 5.75 Å². The number of nitrogens with one attached hydrogen (secondary N) is 2. The third-order valence-electron chi connectivity index (χ3n) is 3.28. The summed E-state index contributed by atoms with van der Waals surface area (Å²) in [5, 5.41) is 14.6. The topological polar surface area (TPSA) is 78.4 Å². The standard InChI is InChI=1S/C17H18N2O3/c1-18-17(22)15(11-12-7-9-14(20)10-8-12)19-16(21)13-5-3-2-4-6-13/h2-10,15,20H,11H2,1H3,(H,18,22)(H,19,21)/t15-/m0/s1. The first-order valence-electron chi connectivity index (χ1n) is 6.95. The third-order valence-corrected chi connectivity index (χ3v) is 3.28. The molecular formula is C17H18N2O3. The van der Waals surface area contributed by atoms with E-state index >= 15 is 0 Å². The number of carbonyl (C=O) groups excluding carboxylic acids is 2. The lowest BCUT2D eigenvalue weighted by molar-refractivity contribution is -0.122. The molecule has 5 nitrogen and oxygen atoms in total. The Labute approximate surface area is 129 Å². The molecule has 2 rings (SSSR count). The van der Waals surface area contributed by atoms with Crippen LogP contribution >= 0.6 is 0 Å². The predicted molar refractivity (Wildman–Crippen MR) is 83.6 cm³/mol. The number of amides is 2. The molecule has 0 radical (unpaired) electrons. The molecule has 0 aliphatic rings. The van der Waals surface area contributed by atoms with Gasteiger partial charge in [-0.15, -0.1) is 0 Å². The zero-order valence-electron chi connectivity index (χ0n) is 12.2. The molecule has 0 spiro atoms. The Bertz CT molecular complexity index is 639. The van der Waals surface area contributed by atoms with Gasteiger partial charge in [-0.05, 0) is 29.8 Å². The summed E-state index contributed by atoms with van der Waals surface area (Å²) in [5.41, 5.74) is 1.35. The van der Waals surface area contributed by atoms with Gasteiger partial charge in [-0.2, -0.15) is 0 Å². The fourth-order valence-electron chi connectivity index (χ4n) is 2.08. The second-order valence-electron chi connectivity index (χ2n) is 4.88. The maximum atomic E-state index is 12.2. The van der Waals surface area contributed by atoms with Crippen LogP contribution in [0.4, 0.5) is 0 Å². The molecule has 0 saturated heterocycles. The van der Waals surface area contributed by atoms with E-state index in [0.29, 0.717) is 12.0 Å². The highest BCUT2D eigenvalue weighted by molar-refractivity contribution is 5.97. The van der Waals surface area contributed by atoms with Gasteiger partial charge in [0, 0.05) is 19.0 Å². The quantitative estimate of drug-likeness (QED) is 0.782. The average Bonchev–Trinajstić information content (AvgIpc) is 2.56. The smallest absolute Gasteiger partial charge is 0.251 e. The molecule has 0 unspecified atom stereocenters. The lowest BCUT2D eigenvalue weighted by Gasteiger charge is -2.17. The minimum Gasteiger partial charge on any atom is -0.508 e. The molecule has 0 fully saturated rings. The average molecular weight is 298 g/mol. The van der Waals surface area contributed by atoms with Gasteiger partial charge < -0.3 is 15.7 Å². The molecule has 0 bridgehead atoms. The molecule has 1 atom stereocenters.